The molecule has 0 unspecified atom stereocenters. The monoisotopic (exact) mass is 155 g/mol. The summed E-state index contributed by atoms with van der Waals surface area (Å²) in [5.74, 6) is 0. The Bertz CT molecular complexity index is 209. The molecule has 0 bridgehead atoms. The summed E-state index contributed by atoms with van der Waals surface area (Å²) < 4.78 is 6.83. The van der Waals surface area contributed by atoms with Crippen LogP contribution in [-0.2, 0) is 17.9 Å². The van der Waals surface area contributed by atoms with Crippen molar-refractivity contribution in [2.75, 3.05) is 6.61 Å². The van der Waals surface area contributed by atoms with Crippen LogP contribution in [0, 0.1) is 0 Å². The molecule has 4 nitrogen and oxygen atoms in total. The van der Waals surface area contributed by atoms with Crippen molar-refractivity contribution in [3.05, 3.63) is 11.9 Å². The van der Waals surface area contributed by atoms with Gasteiger partial charge in [0.05, 0.1) is 11.9 Å². The molecule has 1 heterocycles. The summed E-state index contributed by atoms with van der Waals surface area (Å²) in [6, 6.07) is 0. The molecule has 0 amide bonds. The van der Waals surface area contributed by atoms with Crippen molar-refractivity contribution in [2.24, 2.45) is 0 Å². The zero-order valence-corrected chi connectivity index (χ0v) is 6.95. The van der Waals surface area contributed by atoms with Gasteiger partial charge in [-0.1, -0.05) is 12.1 Å². The van der Waals surface area contributed by atoms with E-state index in [1.54, 1.807) is 4.68 Å². The summed E-state index contributed by atoms with van der Waals surface area (Å²) in [7, 11) is 0. The minimum atomic E-state index is 0.503. The highest BCUT2D eigenvalue weighted by Crippen LogP contribution is 1.93. The summed E-state index contributed by atoms with van der Waals surface area (Å²) in [4.78, 5) is 0. The first-order valence-corrected chi connectivity index (χ1v) is 3.83. The fourth-order valence-corrected chi connectivity index (χ4v) is 0.748. The van der Waals surface area contributed by atoms with E-state index >= 15 is 0 Å². The molecule has 0 fully saturated rings. The Kier molecular flexibility index (Phi) is 3.04. The fraction of sp³-hybridized carbons (Fsp3) is 0.714. The molecular formula is C7H13N3O. The van der Waals surface area contributed by atoms with Crippen LogP contribution in [0.25, 0.3) is 0 Å². The third kappa shape index (κ3) is 2.31. The summed E-state index contributed by atoms with van der Waals surface area (Å²) in [6.45, 7) is 5.22. The number of rotatable bonds is 4. The van der Waals surface area contributed by atoms with Crippen LogP contribution in [0.2, 0.25) is 0 Å². The molecule has 0 spiro atoms. The van der Waals surface area contributed by atoms with Gasteiger partial charge in [0, 0.05) is 6.61 Å². The number of aryl methyl sites for hydroxylation is 1. The van der Waals surface area contributed by atoms with Crippen molar-refractivity contribution in [1.82, 2.24) is 15.0 Å². The Hall–Kier alpha value is -0.900. The highest BCUT2D eigenvalue weighted by Gasteiger charge is 1.95. The van der Waals surface area contributed by atoms with Crippen LogP contribution in [0.4, 0.5) is 0 Å². The maximum absolute atomic E-state index is 5.14. The molecule has 0 aliphatic rings. The molecule has 62 valence electrons. The van der Waals surface area contributed by atoms with Crippen molar-refractivity contribution in [1.29, 1.82) is 0 Å². The lowest BCUT2D eigenvalue weighted by Crippen LogP contribution is -2.02. The smallest absolute Gasteiger partial charge is 0.141 e. The van der Waals surface area contributed by atoms with Gasteiger partial charge in [0.15, 0.2) is 0 Å². The van der Waals surface area contributed by atoms with Crippen LogP contribution in [0.15, 0.2) is 6.20 Å². The average Bonchev–Trinajstić information content (AvgIpc) is 2.48. The second-order valence-electron chi connectivity index (χ2n) is 2.22. The molecule has 0 aliphatic heterocycles. The molecule has 1 rings (SSSR count). The number of ether oxygens (including phenoxy) is 1. The molecule has 1 aromatic rings. The van der Waals surface area contributed by atoms with Crippen molar-refractivity contribution >= 4 is 0 Å². The molecule has 0 saturated carbocycles. The predicted octanol–water partition coefficient (Wildman–Crippen LogP) is 0.835. The average molecular weight is 155 g/mol. The van der Waals surface area contributed by atoms with Gasteiger partial charge < -0.3 is 4.74 Å². The van der Waals surface area contributed by atoms with E-state index in [0.717, 1.165) is 12.1 Å². The molecule has 0 aromatic carbocycles. The summed E-state index contributed by atoms with van der Waals surface area (Å²) in [5.41, 5.74) is 1.00. The van der Waals surface area contributed by atoms with Crippen LogP contribution >= 0.6 is 0 Å². The normalized spacial score (nSPS) is 10.4. The molecule has 0 aliphatic carbocycles. The quantitative estimate of drug-likeness (QED) is 0.646. The second-order valence-corrected chi connectivity index (χ2v) is 2.22. The third-order valence-corrected chi connectivity index (χ3v) is 1.38. The number of nitrogens with zero attached hydrogens (tertiary/aromatic N) is 3. The Balaban J connectivity index is 2.44. The van der Waals surface area contributed by atoms with Gasteiger partial charge in [-0.15, -0.1) is 5.10 Å². The Morgan fingerprint density at radius 1 is 1.55 bits per heavy atom. The standard InChI is InChI=1S/C7H13N3O/c1-3-7-5-10(9-8-7)6-11-4-2/h5H,3-4,6H2,1-2H3. The molecule has 0 atom stereocenters. The third-order valence-electron chi connectivity index (χ3n) is 1.38. The van der Waals surface area contributed by atoms with Crippen LogP contribution < -0.4 is 0 Å². The van der Waals surface area contributed by atoms with Crippen LogP contribution in [0.1, 0.15) is 19.5 Å². The number of hydrogen-bond donors (Lipinski definition) is 0. The zero-order valence-electron chi connectivity index (χ0n) is 6.95. The lowest BCUT2D eigenvalue weighted by Gasteiger charge is -1.97. The minimum absolute atomic E-state index is 0.503. The second kappa shape index (κ2) is 4.08. The first-order chi connectivity index (χ1) is 5.36. The zero-order chi connectivity index (χ0) is 8.10. The largest absolute Gasteiger partial charge is 0.359 e. The van der Waals surface area contributed by atoms with Gasteiger partial charge in [0.1, 0.15) is 6.73 Å². The molecule has 0 N–H and O–H groups in total. The molecule has 11 heavy (non-hydrogen) atoms. The number of hydrogen-bond acceptors (Lipinski definition) is 3. The molecule has 0 radical (unpaired) electrons. The highest BCUT2D eigenvalue weighted by atomic mass is 16.5. The SMILES string of the molecule is CCOCn1cc(CC)nn1. The van der Waals surface area contributed by atoms with E-state index in [4.69, 9.17) is 4.74 Å². The van der Waals surface area contributed by atoms with Crippen LogP contribution in [0.5, 0.6) is 0 Å². The van der Waals surface area contributed by atoms with Crippen LogP contribution in [-0.4, -0.2) is 21.6 Å². The van der Waals surface area contributed by atoms with Gasteiger partial charge >= 0.3 is 0 Å². The van der Waals surface area contributed by atoms with Gasteiger partial charge in [-0.2, -0.15) is 0 Å². The topological polar surface area (TPSA) is 39.9 Å². The van der Waals surface area contributed by atoms with Gasteiger partial charge in [-0.05, 0) is 13.3 Å². The molecular weight excluding hydrogens is 142 g/mol. The molecule has 1 aromatic heterocycles. The van der Waals surface area contributed by atoms with Crippen molar-refractivity contribution in [2.45, 2.75) is 27.0 Å². The van der Waals surface area contributed by atoms with Crippen molar-refractivity contribution in [3.8, 4) is 0 Å². The van der Waals surface area contributed by atoms with E-state index in [-0.39, 0.29) is 0 Å². The lowest BCUT2D eigenvalue weighted by atomic mass is 10.4. The summed E-state index contributed by atoms with van der Waals surface area (Å²) >= 11 is 0. The predicted molar refractivity (Wildman–Crippen MR) is 41.0 cm³/mol. The van der Waals surface area contributed by atoms with Crippen LogP contribution in [0.3, 0.4) is 0 Å². The van der Waals surface area contributed by atoms with Crippen molar-refractivity contribution < 1.29 is 4.74 Å². The summed E-state index contributed by atoms with van der Waals surface area (Å²) in [6.07, 6.45) is 2.82. The van der Waals surface area contributed by atoms with Crippen molar-refractivity contribution in [3.63, 3.8) is 0 Å². The van der Waals surface area contributed by atoms with E-state index < -0.39 is 0 Å². The first kappa shape index (κ1) is 8.20. The van der Waals surface area contributed by atoms with E-state index in [9.17, 15) is 0 Å². The van der Waals surface area contributed by atoms with E-state index in [0.29, 0.717) is 13.3 Å². The van der Waals surface area contributed by atoms with Gasteiger partial charge in [0.2, 0.25) is 0 Å². The highest BCUT2D eigenvalue weighted by molar-refractivity contribution is 4.90. The Labute approximate surface area is 66.2 Å². The lowest BCUT2D eigenvalue weighted by molar-refractivity contribution is 0.0778. The first-order valence-electron chi connectivity index (χ1n) is 3.83. The minimum Gasteiger partial charge on any atom is -0.359 e. The molecule has 0 saturated heterocycles. The van der Waals surface area contributed by atoms with E-state index in [1.807, 2.05) is 13.1 Å². The fourth-order valence-electron chi connectivity index (χ4n) is 0.748. The number of aromatic nitrogens is 3. The van der Waals surface area contributed by atoms with E-state index in [2.05, 4.69) is 17.2 Å². The van der Waals surface area contributed by atoms with E-state index in [1.165, 1.54) is 0 Å². The summed E-state index contributed by atoms with van der Waals surface area (Å²) in [5, 5.41) is 7.79. The maximum Gasteiger partial charge on any atom is 0.141 e. The molecule has 4 heteroatoms. The van der Waals surface area contributed by atoms with Gasteiger partial charge in [-0.3, -0.25) is 0 Å². The Morgan fingerprint density at radius 3 is 2.91 bits per heavy atom. The maximum atomic E-state index is 5.14. The van der Waals surface area contributed by atoms with Gasteiger partial charge in [0.25, 0.3) is 0 Å². The van der Waals surface area contributed by atoms with Gasteiger partial charge in [-0.25, -0.2) is 4.68 Å². The Morgan fingerprint density at radius 2 is 2.36 bits per heavy atom.